The Hall–Kier alpha value is -3.45. The third-order valence-electron chi connectivity index (χ3n) is 4.32. The number of hydrogen-bond donors (Lipinski definition) is 0. The van der Waals surface area contributed by atoms with E-state index < -0.39 is 66.1 Å². The zero-order chi connectivity index (χ0) is 25.6. The second kappa shape index (κ2) is 11.6. The molecule has 0 bridgehead atoms. The first-order valence-electron chi connectivity index (χ1n) is 9.80. The summed E-state index contributed by atoms with van der Waals surface area (Å²) in [6.45, 7) is 3.95. The lowest BCUT2D eigenvalue weighted by Crippen LogP contribution is -2.63. The highest BCUT2D eigenvalue weighted by Gasteiger charge is 2.53. The largest absolute Gasteiger partial charge is 0.463 e. The van der Waals surface area contributed by atoms with Crippen LogP contribution in [-0.4, -0.2) is 66.1 Å². The minimum absolute atomic E-state index is 0.0897. The van der Waals surface area contributed by atoms with Crippen LogP contribution in [0, 0.1) is 10.1 Å². The molecule has 0 amide bonds. The SMILES string of the molecule is CC(=O)OC[C@H]1O[C@H](Oc2ccc([N+](=O)[O-])cc2Cl)[C@@H](OC(C)=O)[C@@H](OC(C)=O)[C@@H]1OC(C)=O. The van der Waals surface area contributed by atoms with Gasteiger partial charge in [-0.2, -0.15) is 0 Å². The van der Waals surface area contributed by atoms with Crippen LogP contribution in [0.25, 0.3) is 0 Å². The Bertz CT molecular complexity index is 967. The number of hydrogen-bond acceptors (Lipinski definition) is 12. The zero-order valence-corrected chi connectivity index (χ0v) is 19.3. The highest BCUT2D eigenvalue weighted by atomic mass is 35.5. The first-order chi connectivity index (χ1) is 15.9. The number of rotatable bonds is 8. The monoisotopic (exact) mass is 503 g/mol. The number of carbonyl (C=O) groups excluding carboxylic acids is 4. The summed E-state index contributed by atoms with van der Waals surface area (Å²) in [6.07, 6.45) is -6.98. The van der Waals surface area contributed by atoms with Crippen LogP contribution >= 0.6 is 11.6 Å². The maximum atomic E-state index is 11.8. The summed E-state index contributed by atoms with van der Waals surface area (Å²) in [4.78, 5) is 57.0. The van der Waals surface area contributed by atoms with Gasteiger partial charge in [-0.1, -0.05) is 11.6 Å². The average molecular weight is 504 g/mol. The maximum Gasteiger partial charge on any atom is 0.303 e. The van der Waals surface area contributed by atoms with Gasteiger partial charge in [-0.05, 0) is 6.07 Å². The molecule has 1 heterocycles. The third kappa shape index (κ3) is 7.28. The Kier molecular flexibility index (Phi) is 9.15. The van der Waals surface area contributed by atoms with Crippen LogP contribution in [0.4, 0.5) is 5.69 Å². The second-order valence-corrected chi connectivity index (χ2v) is 7.46. The third-order valence-corrected chi connectivity index (χ3v) is 4.61. The van der Waals surface area contributed by atoms with Crippen molar-refractivity contribution < 1.29 is 52.5 Å². The summed E-state index contributed by atoms with van der Waals surface area (Å²) in [5.41, 5.74) is -0.307. The highest BCUT2D eigenvalue weighted by Crippen LogP contribution is 2.34. The van der Waals surface area contributed by atoms with Crippen LogP contribution in [0.15, 0.2) is 18.2 Å². The molecule has 2 rings (SSSR count). The van der Waals surface area contributed by atoms with Crippen molar-refractivity contribution in [2.24, 2.45) is 0 Å². The Morgan fingerprint density at radius 2 is 1.50 bits per heavy atom. The number of non-ortho nitro benzene ring substituents is 1. The van der Waals surface area contributed by atoms with Crippen LogP contribution in [0.3, 0.4) is 0 Å². The number of nitrogens with zero attached hydrogens (tertiary/aromatic N) is 1. The molecule has 13 nitrogen and oxygen atoms in total. The minimum atomic E-state index is -1.51. The molecule has 1 saturated heterocycles. The van der Waals surface area contributed by atoms with Gasteiger partial charge in [0.15, 0.2) is 12.2 Å². The summed E-state index contributed by atoms with van der Waals surface area (Å²) >= 11 is 6.09. The molecule has 0 aliphatic carbocycles. The number of nitro groups is 1. The summed E-state index contributed by atoms with van der Waals surface area (Å²) in [7, 11) is 0. The molecule has 0 spiro atoms. The van der Waals surface area contributed by atoms with Crippen LogP contribution < -0.4 is 4.74 Å². The Labute approximate surface area is 198 Å². The van der Waals surface area contributed by atoms with E-state index >= 15 is 0 Å². The molecule has 1 fully saturated rings. The number of halogens is 1. The van der Waals surface area contributed by atoms with Crippen molar-refractivity contribution in [2.75, 3.05) is 6.61 Å². The molecule has 186 valence electrons. The first-order valence-corrected chi connectivity index (χ1v) is 10.2. The molecule has 14 heteroatoms. The van der Waals surface area contributed by atoms with Crippen molar-refractivity contribution in [3.8, 4) is 5.75 Å². The molecule has 1 aliphatic heterocycles. The van der Waals surface area contributed by atoms with E-state index in [0.717, 1.165) is 39.8 Å². The predicted octanol–water partition coefficient (Wildman–Crippen LogP) is 1.71. The van der Waals surface area contributed by atoms with Gasteiger partial charge >= 0.3 is 23.9 Å². The van der Waals surface area contributed by atoms with Gasteiger partial charge in [0, 0.05) is 39.8 Å². The van der Waals surface area contributed by atoms with Crippen molar-refractivity contribution in [2.45, 2.75) is 58.4 Å². The summed E-state index contributed by atoms with van der Waals surface area (Å²) in [6, 6.07) is 3.34. The van der Waals surface area contributed by atoms with Gasteiger partial charge in [0.1, 0.15) is 18.5 Å². The lowest BCUT2D eigenvalue weighted by molar-refractivity contribution is -0.384. The quantitative estimate of drug-likeness (QED) is 0.218. The van der Waals surface area contributed by atoms with Crippen molar-refractivity contribution in [1.82, 2.24) is 0 Å². The molecular formula is C20H22ClNO12. The Balaban J connectivity index is 2.49. The molecule has 1 aromatic carbocycles. The lowest BCUT2D eigenvalue weighted by atomic mass is 9.98. The fourth-order valence-electron chi connectivity index (χ4n) is 3.11. The molecule has 1 aliphatic rings. The van der Waals surface area contributed by atoms with E-state index in [2.05, 4.69) is 0 Å². The topological polar surface area (TPSA) is 167 Å². The molecular weight excluding hydrogens is 482 g/mol. The fraction of sp³-hybridized carbons (Fsp3) is 0.500. The normalized spacial score (nSPS) is 23.9. The smallest absolute Gasteiger partial charge is 0.303 e. The Morgan fingerprint density at radius 3 is 2.00 bits per heavy atom. The summed E-state index contributed by atoms with van der Waals surface area (Å²) in [5, 5.41) is 10.8. The molecule has 0 radical (unpaired) electrons. The van der Waals surface area contributed by atoms with Gasteiger partial charge in [0.2, 0.25) is 12.4 Å². The minimum Gasteiger partial charge on any atom is -0.463 e. The Morgan fingerprint density at radius 1 is 0.941 bits per heavy atom. The van der Waals surface area contributed by atoms with Gasteiger partial charge in [0.25, 0.3) is 5.69 Å². The van der Waals surface area contributed by atoms with Gasteiger partial charge in [-0.25, -0.2) is 0 Å². The number of nitro benzene ring substituents is 1. The zero-order valence-electron chi connectivity index (χ0n) is 18.6. The average Bonchev–Trinajstić information content (AvgIpc) is 2.71. The van der Waals surface area contributed by atoms with E-state index in [1.165, 1.54) is 6.07 Å². The summed E-state index contributed by atoms with van der Waals surface area (Å²) < 4.78 is 32.2. The number of carbonyl (C=O) groups is 4. The fourth-order valence-corrected chi connectivity index (χ4v) is 3.33. The molecule has 1 aromatic rings. The van der Waals surface area contributed by atoms with Crippen LogP contribution in [0.5, 0.6) is 5.75 Å². The predicted molar refractivity (Wildman–Crippen MR) is 111 cm³/mol. The molecule has 0 saturated carbocycles. The van der Waals surface area contributed by atoms with E-state index in [1.54, 1.807) is 0 Å². The van der Waals surface area contributed by atoms with E-state index in [0.29, 0.717) is 0 Å². The maximum absolute atomic E-state index is 11.8. The molecule has 5 atom stereocenters. The first kappa shape index (κ1) is 26.8. The number of ether oxygens (including phenoxy) is 6. The van der Waals surface area contributed by atoms with Gasteiger partial charge in [0.05, 0.1) is 9.95 Å². The molecule has 0 unspecified atom stereocenters. The standard InChI is InChI=1S/C20H22ClNO12/c1-9(23)29-8-16-17(30-10(2)24)18(31-11(3)25)19(32-12(4)26)20(34-16)33-15-6-5-13(22(27)28)7-14(15)21/h5-7,16-20H,8H2,1-4H3/t16-,17-,18+,19+,20+/m1/s1. The lowest BCUT2D eigenvalue weighted by Gasteiger charge is -2.43. The highest BCUT2D eigenvalue weighted by molar-refractivity contribution is 6.32. The van der Waals surface area contributed by atoms with E-state index in [4.69, 9.17) is 40.0 Å². The van der Waals surface area contributed by atoms with Gasteiger partial charge in [-0.15, -0.1) is 0 Å². The number of benzene rings is 1. The van der Waals surface area contributed by atoms with Crippen molar-refractivity contribution in [3.05, 3.63) is 33.3 Å². The summed E-state index contributed by atoms with van der Waals surface area (Å²) in [5.74, 6) is -3.16. The van der Waals surface area contributed by atoms with Gasteiger partial charge < -0.3 is 28.4 Å². The van der Waals surface area contributed by atoms with Crippen molar-refractivity contribution >= 4 is 41.2 Å². The van der Waals surface area contributed by atoms with Crippen molar-refractivity contribution in [3.63, 3.8) is 0 Å². The molecule has 0 N–H and O–H groups in total. The van der Waals surface area contributed by atoms with E-state index in [-0.39, 0.29) is 16.5 Å². The van der Waals surface area contributed by atoms with Crippen LogP contribution in [0.2, 0.25) is 5.02 Å². The molecule has 34 heavy (non-hydrogen) atoms. The van der Waals surface area contributed by atoms with Crippen LogP contribution in [0.1, 0.15) is 27.7 Å². The van der Waals surface area contributed by atoms with E-state index in [1.807, 2.05) is 0 Å². The molecule has 0 aromatic heterocycles. The second-order valence-electron chi connectivity index (χ2n) is 7.06. The van der Waals surface area contributed by atoms with Crippen molar-refractivity contribution in [1.29, 1.82) is 0 Å². The van der Waals surface area contributed by atoms with E-state index in [9.17, 15) is 29.3 Å². The van der Waals surface area contributed by atoms with Crippen LogP contribution in [-0.2, 0) is 42.9 Å². The van der Waals surface area contributed by atoms with Gasteiger partial charge in [-0.3, -0.25) is 29.3 Å². The number of esters is 4.